The van der Waals surface area contributed by atoms with Crippen LogP contribution in [0.25, 0.3) is 43.6 Å². The van der Waals surface area contributed by atoms with Gasteiger partial charge in [-0.05, 0) is 55.4 Å². The van der Waals surface area contributed by atoms with Crippen molar-refractivity contribution >= 4 is 38.5 Å². The molecule has 1 aromatic carbocycles. The van der Waals surface area contributed by atoms with Gasteiger partial charge in [0.05, 0.1) is 23.0 Å². The first kappa shape index (κ1) is 16.3. The summed E-state index contributed by atoms with van der Waals surface area (Å²) in [5.41, 5.74) is 3.61. The van der Waals surface area contributed by atoms with Crippen molar-refractivity contribution < 1.29 is 13.6 Å². The molecule has 0 atom stereocenters. The van der Waals surface area contributed by atoms with E-state index in [0.717, 1.165) is 58.0 Å². The van der Waals surface area contributed by atoms with Gasteiger partial charge in [0.25, 0.3) is 0 Å². The molecule has 0 aliphatic heterocycles. The molecule has 6 rings (SSSR count). The zero-order valence-electron chi connectivity index (χ0n) is 20.0. The van der Waals surface area contributed by atoms with Gasteiger partial charge in [-0.3, -0.25) is 4.68 Å². The van der Waals surface area contributed by atoms with Crippen molar-refractivity contribution in [1.29, 1.82) is 0 Å². The molecule has 5 aromatic rings. The number of furan rings is 1. The summed E-state index contributed by atoms with van der Waals surface area (Å²) in [4.78, 5) is 4.40. The molecule has 0 amide bonds. The van der Waals surface area contributed by atoms with Gasteiger partial charge in [0, 0.05) is 45.6 Å². The standard InChI is InChI=1S/C23H22N6O2S/c1-24-23-21-17(9-20(31-21)16-3-2-4-19-22(16)32-28-27-19)18(11-25-23)13-10-26-29(12-13)14-5-7-15(30)8-6-14/h2-4,9-12,14-15,30H,5-8H2,1H3,(H,24,25)/i1D3. The smallest absolute Gasteiger partial charge is 0.177 e. The van der Waals surface area contributed by atoms with Crippen LogP contribution in [0.4, 0.5) is 5.82 Å². The van der Waals surface area contributed by atoms with Gasteiger partial charge >= 0.3 is 0 Å². The van der Waals surface area contributed by atoms with E-state index in [1.807, 2.05) is 35.1 Å². The van der Waals surface area contributed by atoms with Gasteiger partial charge < -0.3 is 14.8 Å². The summed E-state index contributed by atoms with van der Waals surface area (Å²) in [5, 5.41) is 21.8. The predicted octanol–water partition coefficient (Wildman–Crippen LogP) is 4.88. The zero-order chi connectivity index (χ0) is 24.2. The number of benzene rings is 1. The summed E-state index contributed by atoms with van der Waals surface area (Å²) < 4.78 is 36.1. The van der Waals surface area contributed by atoms with Gasteiger partial charge in [-0.25, -0.2) is 4.98 Å². The van der Waals surface area contributed by atoms with Crippen LogP contribution in [-0.2, 0) is 0 Å². The number of anilines is 1. The highest BCUT2D eigenvalue weighted by molar-refractivity contribution is 7.13. The maximum Gasteiger partial charge on any atom is 0.177 e. The molecule has 9 heteroatoms. The first-order chi connectivity index (χ1) is 16.9. The number of aliphatic hydroxyl groups is 1. The molecule has 32 heavy (non-hydrogen) atoms. The van der Waals surface area contributed by atoms with E-state index in [4.69, 9.17) is 8.53 Å². The normalized spacial score (nSPS) is 20.8. The minimum atomic E-state index is -2.42. The van der Waals surface area contributed by atoms with Crippen LogP contribution >= 0.6 is 11.5 Å². The van der Waals surface area contributed by atoms with E-state index < -0.39 is 6.98 Å². The lowest BCUT2D eigenvalue weighted by Gasteiger charge is -2.25. The highest BCUT2D eigenvalue weighted by Gasteiger charge is 2.23. The van der Waals surface area contributed by atoms with Crippen molar-refractivity contribution in [2.45, 2.75) is 37.8 Å². The minimum absolute atomic E-state index is 0.151. The fourth-order valence-corrected chi connectivity index (χ4v) is 5.15. The Morgan fingerprint density at radius 2 is 2.12 bits per heavy atom. The van der Waals surface area contributed by atoms with Crippen molar-refractivity contribution in [3.63, 3.8) is 0 Å². The Labute approximate surface area is 192 Å². The monoisotopic (exact) mass is 449 g/mol. The van der Waals surface area contributed by atoms with Crippen LogP contribution in [-0.4, -0.2) is 42.5 Å². The first-order valence-corrected chi connectivity index (χ1v) is 11.3. The number of aromatic nitrogens is 5. The summed E-state index contributed by atoms with van der Waals surface area (Å²) in [7, 11) is 0. The molecule has 1 fully saturated rings. The Bertz CT molecular complexity index is 1520. The molecule has 0 unspecified atom stereocenters. The second-order valence-corrected chi connectivity index (χ2v) is 8.85. The molecular formula is C23H22N6O2S. The van der Waals surface area contributed by atoms with E-state index in [1.54, 1.807) is 12.4 Å². The largest absolute Gasteiger partial charge is 0.452 e. The van der Waals surface area contributed by atoms with Gasteiger partial charge in [0.15, 0.2) is 11.4 Å². The van der Waals surface area contributed by atoms with Crippen molar-refractivity contribution in [2.75, 3.05) is 12.3 Å². The molecule has 4 heterocycles. The maximum atomic E-state index is 9.83. The molecule has 0 radical (unpaired) electrons. The number of hydrogen-bond donors (Lipinski definition) is 2. The number of fused-ring (bicyclic) bond motifs is 2. The van der Waals surface area contributed by atoms with Gasteiger partial charge in [-0.1, -0.05) is 10.6 Å². The summed E-state index contributed by atoms with van der Waals surface area (Å²) in [6.45, 7) is -2.42. The highest BCUT2D eigenvalue weighted by atomic mass is 32.1. The molecule has 1 aliphatic rings. The molecule has 0 saturated heterocycles. The third kappa shape index (κ3) is 3.16. The Morgan fingerprint density at radius 3 is 3.00 bits per heavy atom. The average molecular weight is 450 g/mol. The number of rotatable bonds is 4. The average Bonchev–Trinajstić information content (AvgIpc) is 3.58. The van der Waals surface area contributed by atoms with Crippen molar-refractivity contribution in [2.24, 2.45) is 0 Å². The highest BCUT2D eigenvalue weighted by Crippen LogP contribution is 2.40. The Hall–Kier alpha value is -3.30. The van der Waals surface area contributed by atoms with E-state index in [9.17, 15) is 5.11 Å². The van der Waals surface area contributed by atoms with Crippen LogP contribution in [0.5, 0.6) is 0 Å². The first-order valence-electron chi connectivity index (χ1n) is 12.0. The van der Waals surface area contributed by atoms with Gasteiger partial charge in [0.1, 0.15) is 11.3 Å². The van der Waals surface area contributed by atoms with Crippen molar-refractivity contribution in [1.82, 2.24) is 24.4 Å². The van der Waals surface area contributed by atoms with E-state index in [1.165, 1.54) is 11.5 Å². The minimum Gasteiger partial charge on any atom is -0.452 e. The second-order valence-electron chi connectivity index (χ2n) is 8.10. The van der Waals surface area contributed by atoms with Crippen molar-refractivity contribution in [3.8, 4) is 22.5 Å². The number of pyridine rings is 1. The van der Waals surface area contributed by atoms with Gasteiger partial charge in [0.2, 0.25) is 0 Å². The summed E-state index contributed by atoms with van der Waals surface area (Å²) in [5.74, 6) is 0.728. The fourth-order valence-electron chi connectivity index (χ4n) is 4.47. The molecule has 0 spiro atoms. The lowest BCUT2D eigenvalue weighted by atomic mass is 9.93. The quantitative estimate of drug-likeness (QED) is 0.403. The number of nitrogens with one attached hydrogen (secondary N) is 1. The summed E-state index contributed by atoms with van der Waals surface area (Å²) in [6, 6.07) is 7.85. The van der Waals surface area contributed by atoms with Crippen LogP contribution in [0.3, 0.4) is 0 Å². The molecule has 8 nitrogen and oxygen atoms in total. The van der Waals surface area contributed by atoms with E-state index in [2.05, 4.69) is 25.0 Å². The van der Waals surface area contributed by atoms with Crippen LogP contribution in [0, 0.1) is 0 Å². The molecule has 1 saturated carbocycles. The van der Waals surface area contributed by atoms with Crippen LogP contribution in [0.1, 0.15) is 35.8 Å². The molecule has 1 aliphatic carbocycles. The van der Waals surface area contributed by atoms with E-state index >= 15 is 0 Å². The molecule has 0 bridgehead atoms. The zero-order valence-corrected chi connectivity index (χ0v) is 17.8. The maximum absolute atomic E-state index is 9.83. The number of aliphatic hydroxyl groups excluding tert-OH is 1. The van der Waals surface area contributed by atoms with E-state index in [0.29, 0.717) is 11.3 Å². The van der Waals surface area contributed by atoms with Crippen LogP contribution in [0.15, 0.2) is 47.3 Å². The van der Waals surface area contributed by atoms with E-state index in [-0.39, 0.29) is 18.0 Å². The topological polar surface area (TPSA) is 102 Å². The predicted molar refractivity (Wildman–Crippen MR) is 125 cm³/mol. The number of hydrogen-bond acceptors (Lipinski definition) is 8. The van der Waals surface area contributed by atoms with Crippen molar-refractivity contribution in [3.05, 3.63) is 42.9 Å². The molecule has 2 N–H and O–H groups in total. The number of nitrogens with zero attached hydrogens (tertiary/aromatic N) is 5. The second kappa shape index (κ2) is 7.68. The lowest BCUT2D eigenvalue weighted by molar-refractivity contribution is 0.108. The summed E-state index contributed by atoms with van der Waals surface area (Å²) >= 11 is 1.28. The third-order valence-electron chi connectivity index (χ3n) is 6.17. The molecule has 162 valence electrons. The Balaban J connectivity index is 1.47. The molecular weight excluding hydrogens is 424 g/mol. The third-order valence-corrected chi connectivity index (χ3v) is 6.95. The van der Waals surface area contributed by atoms with Crippen LogP contribution in [0.2, 0.25) is 0 Å². The van der Waals surface area contributed by atoms with Gasteiger partial charge in [-0.2, -0.15) is 5.10 Å². The van der Waals surface area contributed by atoms with Crippen LogP contribution < -0.4 is 5.32 Å². The lowest BCUT2D eigenvalue weighted by Crippen LogP contribution is -2.21. The van der Waals surface area contributed by atoms with Gasteiger partial charge in [-0.15, -0.1) is 5.10 Å². The SMILES string of the molecule is [2H]C([2H])([2H])Nc1ncc(-c2cnn(C3CCC(O)CC3)c2)c2cc(-c3cccc4nnsc34)oc12. The fraction of sp³-hybridized carbons (Fsp3) is 0.304. The Morgan fingerprint density at radius 1 is 1.22 bits per heavy atom. The summed E-state index contributed by atoms with van der Waals surface area (Å²) in [6.07, 6.45) is 8.48. The Kier molecular flexibility index (Phi) is 3.93. The molecule has 4 aromatic heterocycles.